The highest BCUT2D eigenvalue weighted by Crippen LogP contribution is 2.28. The number of nitrogens with one attached hydrogen (secondary N) is 2. The highest BCUT2D eigenvalue weighted by atomic mass is 35.5. The number of amides is 1. The first-order valence-corrected chi connectivity index (χ1v) is 6.61. The number of nitrogens with zero attached hydrogens (tertiary/aromatic N) is 2. The van der Waals surface area contributed by atoms with Gasteiger partial charge in [-0.3, -0.25) is 4.79 Å². The molecule has 0 saturated heterocycles. The number of hydrogen-bond donors (Lipinski definition) is 2. The van der Waals surface area contributed by atoms with Crippen molar-refractivity contribution in [2.24, 2.45) is 5.92 Å². The quantitative estimate of drug-likeness (QED) is 0.608. The molecule has 1 amide bonds. The summed E-state index contributed by atoms with van der Waals surface area (Å²) in [4.78, 5) is 19.5. The van der Waals surface area contributed by atoms with Crippen LogP contribution in [0.4, 0.5) is 5.82 Å². The van der Waals surface area contributed by atoms with Gasteiger partial charge in [-0.2, -0.15) is 0 Å². The molecule has 1 aliphatic rings. The SMILES string of the molecule is CCc1c(Cl)ncnc1NCCNC(=O)C1CC1. The average molecular weight is 269 g/mol. The molecule has 0 spiro atoms. The second-order valence-corrected chi connectivity index (χ2v) is 4.70. The zero-order valence-corrected chi connectivity index (χ0v) is 11.1. The van der Waals surface area contributed by atoms with Crippen molar-refractivity contribution in [3.05, 3.63) is 17.0 Å². The van der Waals surface area contributed by atoms with Crippen LogP contribution in [0, 0.1) is 5.92 Å². The minimum Gasteiger partial charge on any atom is -0.368 e. The summed E-state index contributed by atoms with van der Waals surface area (Å²) in [6.45, 7) is 3.24. The van der Waals surface area contributed by atoms with Gasteiger partial charge in [0.05, 0.1) is 0 Å². The van der Waals surface area contributed by atoms with Gasteiger partial charge in [0.2, 0.25) is 5.91 Å². The number of rotatable bonds is 6. The molecule has 0 bridgehead atoms. The van der Waals surface area contributed by atoms with Crippen molar-refractivity contribution in [2.45, 2.75) is 26.2 Å². The van der Waals surface area contributed by atoms with Crippen molar-refractivity contribution < 1.29 is 4.79 Å². The molecule has 5 nitrogen and oxygen atoms in total. The van der Waals surface area contributed by atoms with Crippen molar-refractivity contribution in [1.82, 2.24) is 15.3 Å². The van der Waals surface area contributed by atoms with Crippen molar-refractivity contribution in [3.8, 4) is 0 Å². The predicted octanol–water partition coefficient (Wildman–Crippen LogP) is 1.63. The van der Waals surface area contributed by atoms with E-state index in [0.717, 1.165) is 30.6 Å². The number of carbonyl (C=O) groups is 1. The normalized spacial score (nSPS) is 14.3. The lowest BCUT2D eigenvalue weighted by atomic mass is 10.2. The van der Waals surface area contributed by atoms with Gasteiger partial charge in [-0.05, 0) is 19.3 Å². The molecule has 0 radical (unpaired) electrons. The number of carbonyl (C=O) groups excluding carboxylic acids is 1. The van der Waals surface area contributed by atoms with Crippen LogP contribution in [0.3, 0.4) is 0 Å². The fourth-order valence-electron chi connectivity index (χ4n) is 1.71. The lowest BCUT2D eigenvalue weighted by molar-refractivity contribution is -0.122. The molecule has 0 aromatic carbocycles. The van der Waals surface area contributed by atoms with E-state index in [4.69, 9.17) is 11.6 Å². The van der Waals surface area contributed by atoms with Crippen LogP contribution < -0.4 is 10.6 Å². The standard InChI is InChI=1S/C12H17ClN4O/c1-2-9-10(13)16-7-17-11(9)14-5-6-15-12(18)8-3-4-8/h7-8H,2-6H2,1H3,(H,15,18)(H,14,16,17). The summed E-state index contributed by atoms with van der Waals surface area (Å²) >= 11 is 5.98. The highest BCUT2D eigenvalue weighted by molar-refractivity contribution is 6.30. The minimum absolute atomic E-state index is 0.160. The summed E-state index contributed by atoms with van der Waals surface area (Å²) in [5.41, 5.74) is 0.910. The summed E-state index contributed by atoms with van der Waals surface area (Å²) in [5, 5.41) is 6.54. The molecule has 18 heavy (non-hydrogen) atoms. The summed E-state index contributed by atoms with van der Waals surface area (Å²) in [5.74, 6) is 1.16. The Morgan fingerprint density at radius 3 is 2.89 bits per heavy atom. The van der Waals surface area contributed by atoms with Gasteiger partial charge in [-0.25, -0.2) is 9.97 Å². The van der Waals surface area contributed by atoms with E-state index in [1.807, 2.05) is 6.92 Å². The predicted molar refractivity (Wildman–Crippen MR) is 70.6 cm³/mol. The molecule has 1 aliphatic carbocycles. The van der Waals surface area contributed by atoms with Crippen LogP contribution in [0.5, 0.6) is 0 Å². The van der Waals surface area contributed by atoms with E-state index in [0.29, 0.717) is 18.2 Å². The van der Waals surface area contributed by atoms with Gasteiger partial charge < -0.3 is 10.6 Å². The van der Waals surface area contributed by atoms with E-state index in [2.05, 4.69) is 20.6 Å². The van der Waals surface area contributed by atoms with Gasteiger partial charge in [-0.15, -0.1) is 0 Å². The molecule has 1 aromatic rings. The van der Waals surface area contributed by atoms with Crippen LogP contribution in [0.1, 0.15) is 25.3 Å². The minimum atomic E-state index is 0.160. The summed E-state index contributed by atoms with van der Waals surface area (Å²) in [6, 6.07) is 0. The molecule has 1 heterocycles. The van der Waals surface area contributed by atoms with Gasteiger partial charge in [0.15, 0.2) is 0 Å². The van der Waals surface area contributed by atoms with E-state index in [9.17, 15) is 4.79 Å². The molecule has 2 N–H and O–H groups in total. The van der Waals surface area contributed by atoms with Gasteiger partial charge >= 0.3 is 0 Å². The largest absolute Gasteiger partial charge is 0.368 e. The zero-order valence-electron chi connectivity index (χ0n) is 10.4. The first kappa shape index (κ1) is 13.1. The molecule has 1 fully saturated rings. The lowest BCUT2D eigenvalue weighted by Crippen LogP contribution is -2.30. The summed E-state index contributed by atoms with van der Waals surface area (Å²) in [7, 11) is 0. The second-order valence-electron chi connectivity index (χ2n) is 4.34. The second kappa shape index (κ2) is 6.00. The average Bonchev–Trinajstić information content (AvgIpc) is 3.18. The Hall–Kier alpha value is -1.36. The molecular weight excluding hydrogens is 252 g/mol. The zero-order chi connectivity index (χ0) is 13.0. The van der Waals surface area contributed by atoms with Gasteiger partial charge in [0.25, 0.3) is 0 Å². The van der Waals surface area contributed by atoms with E-state index in [1.54, 1.807) is 0 Å². The molecule has 6 heteroatoms. The molecule has 98 valence electrons. The fraction of sp³-hybridized carbons (Fsp3) is 0.583. The Kier molecular flexibility index (Phi) is 4.36. The van der Waals surface area contributed by atoms with Gasteiger partial charge in [-0.1, -0.05) is 18.5 Å². The van der Waals surface area contributed by atoms with E-state index in [-0.39, 0.29) is 11.8 Å². The maximum absolute atomic E-state index is 11.4. The third-order valence-electron chi connectivity index (χ3n) is 2.91. The smallest absolute Gasteiger partial charge is 0.223 e. The first-order chi connectivity index (χ1) is 8.72. The Balaban J connectivity index is 1.79. The first-order valence-electron chi connectivity index (χ1n) is 6.23. The molecule has 1 aromatic heterocycles. The van der Waals surface area contributed by atoms with Crippen LogP contribution in [0.2, 0.25) is 5.15 Å². The van der Waals surface area contributed by atoms with Crippen molar-refractivity contribution in [2.75, 3.05) is 18.4 Å². The highest BCUT2D eigenvalue weighted by Gasteiger charge is 2.28. The van der Waals surface area contributed by atoms with Crippen LogP contribution in [-0.4, -0.2) is 29.0 Å². The molecule has 0 unspecified atom stereocenters. The summed E-state index contributed by atoms with van der Waals surface area (Å²) < 4.78 is 0. The van der Waals surface area contributed by atoms with Gasteiger partial charge in [0, 0.05) is 24.6 Å². The van der Waals surface area contributed by atoms with E-state index < -0.39 is 0 Å². The summed E-state index contributed by atoms with van der Waals surface area (Å²) in [6.07, 6.45) is 4.27. The fourth-order valence-corrected chi connectivity index (χ4v) is 1.98. The molecular formula is C12H17ClN4O. The van der Waals surface area contributed by atoms with Crippen LogP contribution >= 0.6 is 11.6 Å². The van der Waals surface area contributed by atoms with Crippen molar-refractivity contribution in [3.63, 3.8) is 0 Å². The van der Waals surface area contributed by atoms with Crippen molar-refractivity contribution >= 4 is 23.3 Å². The number of aromatic nitrogens is 2. The van der Waals surface area contributed by atoms with E-state index in [1.165, 1.54) is 6.33 Å². The van der Waals surface area contributed by atoms with Gasteiger partial charge in [0.1, 0.15) is 17.3 Å². The molecule has 2 rings (SSSR count). The molecule has 1 saturated carbocycles. The lowest BCUT2D eigenvalue weighted by Gasteiger charge is -2.10. The number of anilines is 1. The Labute approximate surface area is 111 Å². The van der Waals surface area contributed by atoms with Crippen molar-refractivity contribution in [1.29, 1.82) is 0 Å². The number of hydrogen-bond acceptors (Lipinski definition) is 4. The van der Waals surface area contributed by atoms with Crippen LogP contribution in [-0.2, 0) is 11.2 Å². The third-order valence-corrected chi connectivity index (χ3v) is 3.24. The van der Waals surface area contributed by atoms with Crippen LogP contribution in [0.15, 0.2) is 6.33 Å². The third kappa shape index (κ3) is 3.32. The maximum atomic E-state index is 11.4. The van der Waals surface area contributed by atoms with E-state index >= 15 is 0 Å². The monoisotopic (exact) mass is 268 g/mol. The molecule has 0 aliphatic heterocycles. The van der Waals surface area contributed by atoms with Crippen LogP contribution in [0.25, 0.3) is 0 Å². The topological polar surface area (TPSA) is 66.9 Å². The number of halogens is 1. The maximum Gasteiger partial charge on any atom is 0.223 e. The molecule has 0 atom stereocenters. The Bertz CT molecular complexity index is 434. The Morgan fingerprint density at radius 2 is 2.22 bits per heavy atom. The Morgan fingerprint density at radius 1 is 1.44 bits per heavy atom.